The molecule has 5 heteroatoms. The topological polar surface area (TPSA) is 54.9 Å². The molecule has 0 spiro atoms. The molecule has 1 aliphatic carbocycles. The molecule has 1 N–H and O–H groups in total. The zero-order chi connectivity index (χ0) is 16.7. The van der Waals surface area contributed by atoms with Crippen molar-refractivity contribution in [1.82, 2.24) is 9.97 Å². The molecule has 0 saturated heterocycles. The summed E-state index contributed by atoms with van der Waals surface area (Å²) in [6.45, 7) is 1.93. The van der Waals surface area contributed by atoms with Gasteiger partial charge in [0.2, 0.25) is 5.91 Å². The van der Waals surface area contributed by atoms with Crippen LogP contribution in [0.5, 0.6) is 0 Å². The number of anilines is 1. The summed E-state index contributed by atoms with van der Waals surface area (Å²) in [6.07, 6.45) is 6.81. The van der Waals surface area contributed by atoms with Crippen LogP contribution in [0.15, 0.2) is 42.9 Å². The second-order valence-corrected chi connectivity index (χ2v) is 6.20. The highest BCUT2D eigenvalue weighted by atomic mass is 19.1. The Hall–Kier alpha value is -2.82. The second kappa shape index (κ2) is 5.67. The third kappa shape index (κ3) is 2.73. The Morgan fingerprint density at radius 3 is 2.75 bits per heavy atom. The lowest BCUT2D eigenvalue weighted by atomic mass is 9.99. The van der Waals surface area contributed by atoms with Gasteiger partial charge in [-0.15, -0.1) is 0 Å². The van der Waals surface area contributed by atoms with Crippen LogP contribution in [0.4, 0.5) is 10.2 Å². The van der Waals surface area contributed by atoms with Gasteiger partial charge in [0, 0.05) is 41.0 Å². The lowest BCUT2D eigenvalue weighted by Crippen LogP contribution is -2.14. The standard InChI is InChI=1S/C19H16FN3O/c1-11-4-5-21-10-16(11)15-6-13-8-18(23-19(24)12-2-3-12)22-9-14(13)7-17(15)20/h4-10,12H,2-3H2,1H3,(H,22,23,24). The number of fused-ring (bicyclic) bond motifs is 1. The van der Waals surface area contributed by atoms with E-state index in [4.69, 9.17) is 0 Å². The highest BCUT2D eigenvalue weighted by Gasteiger charge is 2.29. The third-order valence-corrected chi connectivity index (χ3v) is 4.34. The van der Waals surface area contributed by atoms with Gasteiger partial charge < -0.3 is 5.32 Å². The zero-order valence-corrected chi connectivity index (χ0v) is 13.2. The molecule has 0 unspecified atom stereocenters. The fourth-order valence-electron chi connectivity index (χ4n) is 2.76. The largest absolute Gasteiger partial charge is 0.310 e. The number of carbonyl (C=O) groups is 1. The lowest BCUT2D eigenvalue weighted by molar-refractivity contribution is -0.117. The van der Waals surface area contributed by atoms with Gasteiger partial charge in [0.05, 0.1) is 0 Å². The molecule has 1 fully saturated rings. The number of halogens is 1. The maximum Gasteiger partial charge on any atom is 0.228 e. The minimum Gasteiger partial charge on any atom is -0.310 e. The van der Waals surface area contributed by atoms with Crippen molar-refractivity contribution in [3.05, 3.63) is 54.2 Å². The number of benzene rings is 1. The summed E-state index contributed by atoms with van der Waals surface area (Å²) in [6, 6.07) is 6.89. The van der Waals surface area contributed by atoms with Crippen molar-refractivity contribution in [2.45, 2.75) is 19.8 Å². The monoisotopic (exact) mass is 321 g/mol. The van der Waals surface area contributed by atoms with E-state index < -0.39 is 0 Å². The number of nitrogens with zero attached hydrogens (tertiary/aromatic N) is 2. The van der Waals surface area contributed by atoms with Gasteiger partial charge in [-0.25, -0.2) is 9.37 Å². The van der Waals surface area contributed by atoms with E-state index in [1.807, 2.05) is 13.0 Å². The van der Waals surface area contributed by atoms with Gasteiger partial charge in [0.15, 0.2) is 0 Å². The Bertz CT molecular complexity index is 950. The van der Waals surface area contributed by atoms with Crippen molar-refractivity contribution in [2.24, 2.45) is 5.92 Å². The Balaban J connectivity index is 1.77. The summed E-state index contributed by atoms with van der Waals surface area (Å²) in [5.74, 6) is 0.312. The number of amides is 1. The predicted molar refractivity (Wildman–Crippen MR) is 91.0 cm³/mol. The fraction of sp³-hybridized carbons (Fsp3) is 0.211. The molecule has 24 heavy (non-hydrogen) atoms. The molecule has 0 aliphatic heterocycles. The molecular weight excluding hydrogens is 305 g/mol. The number of nitrogens with one attached hydrogen (secondary N) is 1. The van der Waals surface area contributed by atoms with Crippen LogP contribution < -0.4 is 5.32 Å². The first kappa shape index (κ1) is 14.8. The van der Waals surface area contributed by atoms with Gasteiger partial charge in [-0.05, 0) is 55.0 Å². The fourth-order valence-corrected chi connectivity index (χ4v) is 2.76. The number of aryl methyl sites for hydroxylation is 1. The van der Waals surface area contributed by atoms with E-state index in [0.29, 0.717) is 16.8 Å². The molecule has 0 radical (unpaired) electrons. The molecule has 2 heterocycles. The molecule has 4 rings (SSSR count). The molecular formula is C19H16FN3O. The molecule has 1 aromatic carbocycles. The summed E-state index contributed by atoms with van der Waals surface area (Å²) in [5.41, 5.74) is 2.22. The van der Waals surface area contributed by atoms with Crippen LogP contribution in [0.2, 0.25) is 0 Å². The van der Waals surface area contributed by atoms with Gasteiger partial charge in [0.25, 0.3) is 0 Å². The Labute approximate surface area is 138 Å². The molecule has 120 valence electrons. The Kier molecular flexibility index (Phi) is 3.49. The average molecular weight is 321 g/mol. The molecule has 3 aromatic rings. The third-order valence-electron chi connectivity index (χ3n) is 4.34. The van der Waals surface area contributed by atoms with E-state index in [0.717, 1.165) is 29.4 Å². The van der Waals surface area contributed by atoms with Crippen LogP contribution in [0, 0.1) is 18.7 Å². The number of aromatic nitrogens is 2. The highest BCUT2D eigenvalue weighted by molar-refractivity contribution is 5.96. The molecule has 1 amide bonds. The molecule has 0 atom stereocenters. The van der Waals surface area contributed by atoms with Gasteiger partial charge in [-0.3, -0.25) is 9.78 Å². The quantitative estimate of drug-likeness (QED) is 0.790. The molecule has 2 aromatic heterocycles. The van der Waals surface area contributed by atoms with Gasteiger partial charge in [0.1, 0.15) is 11.6 Å². The minimum absolute atomic E-state index is 0.00675. The number of carbonyl (C=O) groups excluding carboxylic acids is 1. The smallest absolute Gasteiger partial charge is 0.228 e. The predicted octanol–water partition coefficient (Wildman–Crippen LogP) is 4.09. The van der Waals surface area contributed by atoms with Gasteiger partial charge in [-0.2, -0.15) is 0 Å². The number of pyridine rings is 2. The first-order valence-electron chi connectivity index (χ1n) is 7.93. The second-order valence-electron chi connectivity index (χ2n) is 6.20. The van der Waals surface area contributed by atoms with Crippen molar-refractivity contribution in [2.75, 3.05) is 5.32 Å². The minimum atomic E-state index is -0.310. The van der Waals surface area contributed by atoms with Gasteiger partial charge >= 0.3 is 0 Å². The zero-order valence-electron chi connectivity index (χ0n) is 13.2. The van der Waals surface area contributed by atoms with Crippen LogP contribution >= 0.6 is 0 Å². The van der Waals surface area contributed by atoms with E-state index in [9.17, 15) is 9.18 Å². The first-order valence-corrected chi connectivity index (χ1v) is 7.93. The summed E-state index contributed by atoms with van der Waals surface area (Å²) < 4.78 is 14.5. The molecule has 0 bridgehead atoms. The summed E-state index contributed by atoms with van der Waals surface area (Å²) >= 11 is 0. The van der Waals surface area contributed by atoms with Crippen LogP contribution in [0.1, 0.15) is 18.4 Å². The molecule has 4 nitrogen and oxygen atoms in total. The summed E-state index contributed by atoms with van der Waals surface area (Å²) in [7, 11) is 0. The van der Waals surface area contributed by atoms with E-state index in [2.05, 4.69) is 15.3 Å². The summed E-state index contributed by atoms with van der Waals surface area (Å²) in [5, 5.41) is 4.35. The Morgan fingerprint density at radius 1 is 1.17 bits per heavy atom. The van der Waals surface area contributed by atoms with E-state index in [1.165, 1.54) is 6.07 Å². The highest BCUT2D eigenvalue weighted by Crippen LogP contribution is 2.32. The molecule has 1 saturated carbocycles. The van der Waals surface area contributed by atoms with Crippen molar-refractivity contribution in [3.63, 3.8) is 0 Å². The van der Waals surface area contributed by atoms with Crippen LogP contribution in [0.3, 0.4) is 0 Å². The number of hydrogen-bond acceptors (Lipinski definition) is 3. The van der Waals surface area contributed by atoms with Crippen LogP contribution in [0.25, 0.3) is 21.9 Å². The summed E-state index contributed by atoms with van der Waals surface area (Å²) in [4.78, 5) is 20.2. The van der Waals surface area contributed by atoms with Crippen molar-refractivity contribution < 1.29 is 9.18 Å². The molecule has 1 aliphatic rings. The number of rotatable bonds is 3. The lowest BCUT2D eigenvalue weighted by Gasteiger charge is -2.10. The van der Waals surface area contributed by atoms with E-state index >= 15 is 0 Å². The maximum atomic E-state index is 14.5. The van der Waals surface area contributed by atoms with Crippen molar-refractivity contribution >= 4 is 22.5 Å². The average Bonchev–Trinajstić information content (AvgIpc) is 3.40. The number of hydrogen-bond donors (Lipinski definition) is 1. The van der Waals surface area contributed by atoms with Crippen molar-refractivity contribution in [3.8, 4) is 11.1 Å². The van der Waals surface area contributed by atoms with Crippen LogP contribution in [-0.2, 0) is 4.79 Å². The SMILES string of the molecule is Cc1ccncc1-c1cc2cc(NC(=O)C3CC3)ncc2cc1F. The van der Waals surface area contributed by atoms with E-state index in [1.54, 1.807) is 30.7 Å². The normalized spacial score (nSPS) is 13.9. The first-order chi connectivity index (χ1) is 11.6. The van der Waals surface area contributed by atoms with E-state index in [-0.39, 0.29) is 17.6 Å². The maximum absolute atomic E-state index is 14.5. The van der Waals surface area contributed by atoms with Crippen molar-refractivity contribution in [1.29, 1.82) is 0 Å². The Morgan fingerprint density at radius 2 is 2.00 bits per heavy atom. The van der Waals surface area contributed by atoms with Crippen LogP contribution in [-0.4, -0.2) is 15.9 Å². The van der Waals surface area contributed by atoms with Gasteiger partial charge in [-0.1, -0.05) is 0 Å².